The van der Waals surface area contributed by atoms with Crippen molar-refractivity contribution in [2.45, 2.75) is 32.4 Å². The largest absolute Gasteiger partial charge is 0.490 e. The van der Waals surface area contributed by atoms with Crippen LogP contribution in [-0.2, 0) is 6.54 Å². The topological polar surface area (TPSA) is 49.8 Å². The number of nitrogens with one attached hydrogen (secondary N) is 1. The fourth-order valence-corrected chi connectivity index (χ4v) is 3.60. The van der Waals surface area contributed by atoms with Crippen molar-refractivity contribution in [1.82, 2.24) is 15.2 Å². The maximum Gasteiger partial charge on any atom is 0.193 e. The Bertz CT molecular complexity index is 669. The number of guanidine groups is 1. The maximum atomic E-state index is 6.06. The third kappa shape index (κ3) is 5.85. The van der Waals surface area contributed by atoms with E-state index >= 15 is 0 Å². The van der Waals surface area contributed by atoms with Gasteiger partial charge in [-0.2, -0.15) is 0 Å². The number of halogens is 1. The van der Waals surface area contributed by atoms with Gasteiger partial charge in [-0.05, 0) is 19.1 Å². The summed E-state index contributed by atoms with van der Waals surface area (Å²) in [4.78, 5) is 12.2. The van der Waals surface area contributed by atoms with Crippen molar-refractivity contribution in [2.24, 2.45) is 4.99 Å². The van der Waals surface area contributed by atoms with Gasteiger partial charge in [0.2, 0.25) is 0 Å². The molecule has 3 rings (SSSR count). The molecule has 0 spiro atoms. The van der Waals surface area contributed by atoms with Crippen molar-refractivity contribution in [3.63, 3.8) is 0 Å². The zero-order chi connectivity index (χ0) is 16.8. The van der Waals surface area contributed by atoms with Crippen LogP contribution < -0.4 is 10.1 Å². The first-order valence-electron chi connectivity index (χ1n) is 8.33. The van der Waals surface area contributed by atoms with E-state index in [1.165, 1.54) is 4.88 Å². The van der Waals surface area contributed by atoms with E-state index in [0.29, 0.717) is 0 Å². The summed E-state index contributed by atoms with van der Waals surface area (Å²) in [5.74, 6) is 1.92. The van der Waals surface area contributed by atoms with E-state index in [4.69, 9.17) is 4.74 Å². The number of para-hydroxylation sites is 1. The molecule has 2 aromatic rings. The van der Waals surface area contributed by atoms with Crippen molar-refractivity contribution < 1.29 is 4.74 Å². The second kappa shape index (κ2) is 9.96. The SMILES string of the molecule is CN=C(NCc1cnc(C)s1)N1CCC(Oc2ccccc2)CC1.I. The Kier molecular flexibility index (Phi) is 7.95. The number of ether oxygens (including phenoxy) is 1. The Morgan fingerprint density at radius 1 is 1.32 bits per heavy atom. The minimum atomic E-state index is 0. The monoisotopic (exact) mass is 472 g/mol. The second-order valence-corrected chi connectivity index (χ2v) is 7.18. The summed E-state index contributed by atoms with van der Waals surface area (Å²) in [6.45, 7) is 4.72. The first-order valence-corrected chi connectivity index (χ1v) is 9.15. The average Bonchev–Trinajstić information content (AvgIpc) is 3.03. The van der Waals surface area contributed by atoms with Crippen LogP contribution in [0, 0.1) is 6.92 Å². The average molecular weight is 472 g/mol. The molecule has 2 heterocycles. The van der Waals surface area contributed by atoms with Gasteiger partial charge in [-0.15, -0.1) is 35.3 Å². The molecule has 0 unspecified atom stereocenters. The van der Waals surface area contributed by atoms with Crippen LogP contribution in [0.25, 0.3) is 0 Å². The summed E-state index contributed by atoms with van der Waals surface area (Å²) in [6.07, 6.45) is 4.23. The van der Waals surface area contributed by atoms with Gasteiger partial charge in [-0.3, -0.25) is 4.99 Å². The van der Waals surface area contributed by atoms with Crippen LogP contribution in [0.15, 0.2) is 41.5 Å². The fraction of sp³-hybridized carbons (Fsp3) is 0.444. The molecule has 1 aromatic carbocycles. The van der Waals surface area contributed by atoms with Crippen LogP contribution in [0.2, 0.25) is 0 Å². The van der Waals surface area contributed by atoms with Crippen molar-refractivity contribution in [3.8, 4) is 5.75 Å². The van der Waals surface area contributed by atoms with Gasteiger partial charge in [0.1, 0.15) is 11.9 Å². The van der Waals surface area contributed by atoms with E-state index in [2.05, 4.69) is 20.2 Å². The molecule has 7 heteroatoms. The number of aliphatic imine (C=N–C) groups is 1. The van der Waals surface area contributed by atoms with Crippen molar-refractivity contribution in [1.29, 1.82) is 0 Å². The molecule has 136 valence electrons. The molecule has 0 atom stereocenters. The third-order valence-electron chi connectivity index (χ3n) is 4.09. The second-order valence-electron chi connectivity index (χ2n) is 5.86. The quantitative estimate of drug-likeness (QED) is 0.419. The number of rotatable bonds is 4. The molecule has 0 radical (unpaired) electrons. The molecule has 0 aliphatic carbocycles. The Hall–Kier alpha value is -1.35. The Morgan fingerprint density at radius 3 is 2.64 bits per heavy atom. The molecule has 1 fully saturated rings. The summed E-state index contributed by atoms with van der Waals surface area (Å²) in [5, 5.41) is 4.54. The molecular weight excluding hydrogens is 447 g/mol. The standard InChI is InChI=1S/C18H24N4OS.HI/c1-14-20-12-17(24-14)13-21-18(19-2)22-10-8-16(9-11-22)23-15-6-4-3-5-7-15;/h3-7,12,16H,8-11,13H2,1-2H3,(H,19,21);1H. The van der Waals surface area contributed by atoms with Crippen LogP contribution in [-0.4, -0.2) is 42.1 Å². The molecule has 25 heavy (non-hydrogen) atoms. The summed E-state index contributed by atoms with van der Waals surface area (Å²) >= 11 is 1.72. The van der Waals surface area contributed by atoms with E-state index in [-0.39, 0.29) is 30.1 Å². The molecule has 0 bridgehead atoms. The Balaban J connectivity index is 0.00000225. The molecule has 1 aliphatic heterocycles. The zero-order valence-corrected chi connectivity index (χ0v) is 17.8. The van der Waals surface area contributed by atoms with Crippen molar-refractivity contribution in [3.05, 3.63) is 46.4 Å². The van der Waals surface area contributed by atoms with E-state index < -0.39 is 0 Å². The van der Waals surface area contributed by atoms with Crippen LogP contribution in [0.3, 0.4) is 0 Å². The number of aromatic nitrogens is 1. The zero-order valence-electron chi connectivity index (χ0n) is 14.6. The molecule has 0 saturated carbocycles. The van der Waals surface area contributed by atoms with Gasteiger partial charge in [-0.1, -0.05) is 18.2 Å². The Labute approximate surface area is 170 Å². The van der Waals surface area contributed by atoms with Gasteiger partial charge in [0.25, 0.3) is 0 Å². The summed E-state index contributed by atoms with van der Waals surface area (Å²) in [6, 6.07) is 10.1. The molecular formula is C18H25IN4OS. The highest BCUT2D eigenvalue weighted by atomic mass is 127. The van der Waals surface area contributed by atoms with E-state index in [1.807, 2.05) is 50.5 Å². The molecule has 1 N–H and O–H groups in total. The Morgan fingerprint density at radius 2 is 2.04 bits per heavy atom. The van der Waals surface area contributed by atoms with Gasteiger partial charge >= 0.3 is 0 Å². The van der Waals surface area contributed by atoms with Gasteiger partial charge in [-0.25, -0.2) is 4.98 Å². The van der Waals surface area contributed by atoms with Crippen LogP contribution >= 0.6 is 35.3 Å². The maximum absolute atomic E-state index is 6.06. The number of piperidine rings is 1. The first kappa shape index (κ1) is 20.0. The number of nitrogens with zero attached hydrogens (tertiary/aromatic N) is 3. The minimum Gasteiger partial charge on any atom is -0.490 e. The smallest absolute Gasteiger partial charge is 0.193 e. The fourth-order valence-electron chi connectivity index (χ4n) is 2.86. The lowest BCUT2D eigenvalue weighted by Crippen LogP contribution is -2.47. The lowest BCUT2D eigenvalue weighted by Gasteiger charge is -2.34. The number of benzene rings is 1. The normalized spacial score (nSPS) is 15.6. The van der Waals surface area contributed by atoms with Gasteiger partial charge in [0.15, 0.2) is 5.96 Å². The molecule has 0 amide bonds. The van der Waals surface area contributed by atoms with E-state index in [1.54, 1.807) is 11.3 Å². The third-order valence-corrected chi connectivity index (χ3v) is 5.00. The molecule has 1 aliphatic rings. The van der Waals surface area contributed by atoms with Gasteiger partial charge in [0, 0.05) is 44.1 Å². The van der Waals surface area contributed by atoms with Crippen molar-refractivity contribution >= 4 is 41.3 Å². The number of hydrogen-bond donors (Lipinski definition) is 1. The summed E-state index contributed by atoms with van der Waals surface area (Å²) in [5.41, 5.74) is 0. The number of aryl methyl sites for hydroxylation is 1. The van der Waals surface area contributed by atoms with Crippen molar-refractivity contribution in [2.75, 3.05) is 20.1 Å². The predicted molar refractivity (Wildman–Crippen MR) is 114 cm³/mol. The van der Waals surface area contributed by atoms with E-state index in [9.17, 15) is 0 Å². The predicted octanol–water partition coefficient (Wildman–Crippen LogP) is 3.69. The number of hydrogen-bond acceptors (Lipinski definition) is 4. The highest BCUT2D eigenvalue weighted by Crippen LogP contribution is 2.19. The lowest BCUT2D eigenvalue weighted by molar-refractivity contribution is 0.129. The summed E-state index contributed by atoms with van der Waals surface area (Å²) in [7, 11) is 1.84. The van der Waals surface area contributed by atoms with Gasteiger partial charge in [0.05, 0.1) is 11.6 Å². The van der Waals surface area contributed by atoms with Crippen LogP contribution in [0.1, 0.15) is 22.7 Å². The highest BCUT2D eigenvalue weighted by molar-refractivity contribution is 14.0. The summed E-state index contributed by atoms with van der Waals surface area (Å²) < 4.78 is 6.06. The highest BCUT2D eigenvalue weighted by Gasteiger charge is 2.22. The minimum absolute atomic E-state index is 0. The lowest BCUT2D eigenvalue weighted by atomic mass is 10.1. The van der Waals surface area contributed by atoms with Gasteiger partial charge < -0.3 is 15.0 Å². The molecule has 1 saturated heterocycles. The van der Waals surface area contributed by atoms with E-state index in [0.717, 1.165) is 49.2 Å². The number of thiazole rings is 1. The molecule has 1 aromatic heterocycles. The van der Waals surface area contributed by atoms with Crippen LogP contribution in [0.5, 0.6) is 5.75 Å². The first-order chi connectivity index (χ1) is 11.7. The van der Waals surface area contributed by atoms with Crippen LogP contribution in [0.4, 0.5) is 0 Å². The molecule has 5 nitrogen and oxygen atoms in total. The number of likely N-dealkylation sites (tertiary alicyclic amines) is 1.